The number of rotatable bonds is 6. The van der Waals surface area contributed by atoms with Gasteiger partial charge in [-0.3, -0.25) is 14.8 Å². The Morgan fingerprint density at radius 1 is 1.13 bits per heavy atom. The highest BCUT2D eigenvalue weighted by Gasteiger charge is 2.39. The van der Waals surface area contributed by atoms with Gasteiger partial charge in [-0.25, -0.2) is 4.98 Å². The van der Waals surface area contributed by atoms with Crippen molar-refractivity contribution in [3.05, 3.63) is 60.3 Å². The van der Waals surface area contributed by atoms with Crippen molar-refractivity contribution in [1.82, 2.24) is 25.1 Å². The predicted molar refractivity (Wildman–Crippen MR) is 151 cm³/mol. The number of anilines is 1. The van der Waals surface area contributed by atoms with E-state index in [9.17, 15) is 4.79 Å². The monoisotopic (exact) mass is 525 g/mol. The van der Waals surface area contributed by atoms with Crippen LogP contribution >= 0.6 is 0 Å². The molecule has 4 aromatic rings. The first-order valence-corrected chi connectivity index (χ1v) is 13.3. The Labute approximate surface area is 226 Å². The summed E-state index contributed by atoms with van der Waals surface area (Å²) >= 11 is 0. The zero-order chi connectivity index (χ0) is 27.0. The third-order valence-electron chi connectivity index (χ3n) is 7.12. The summed E-state index contributed by atoms with van der Waals surface area (Å²) in [6.07, 6.45) is 2.08. The molecule has 2 aromatic carbocycles. The third kappa shape index (κ3) is 5.25. The molecule has 39 heavy (non-hydrogen) atoms. The van der Waals surface area contributed by atoms with Crippen molar-refractivity contribution in [3.63, 3.8) is 0 Å². The number of nitrogens with zero attached hydrogens (tertiary/aromatic N) is 5. The molecule has 0 unspecified atom stereocenters. The van der Waals surface area contributed by atoms with Gasteiger partial charge < -0.3 is 15.0 Å². The van der Waals surface area contributed by atoms with Gasteiger partial charge in [0.25, 0.3) is 5.71 Å². The number of fused-ring (bicyclic) bond motifs is 1. The van der Waals surface area contributed by atoms with Gasteiger partial charge >= 0.3 is 5.91 Å². The number of para-hydroxylation sites is 1. The number of hydrogen-bond acceptors (Lipinski definition) is 6. The summed E-state index contributed by atoms with van der Waals surface area (Å²) in [6.45, 7) is 10.6. The molecule has 200 valence electrons. The summed E-state index contributed by atoms with van der Waals surface area (Å²) < 4.78 is 7.21. The lowest BCUT2D eigenvalue weighted by atomic mass is 9.87. The molecule has 10 heteroatoms. The average molecular weight is 526 g/mol. The van der Waals surface area contributed by atoms with Crippen LogP contribution in [0.3, 0.4) is 0 Å². The molecule has 0 radical (unpaired) electrons. The quantitative estimate of drug-likeness (QED) is 0.325. The van der Waals surface area contributed by atoms with Crippen LogP contribution in [0.5, 0.6) is 0 Å². The van der Waals surface area contributed by atoms with E-state index in [1.165, 1.54) is 5.56 Å². The van der Waals surface area contributed by atoms with Crippen LogP contribution in [0.25, 0.3) is 22.6 Å². The minimum atomic E-state index is -0.228. The first kappa shape index (κ1) is 25.1. The zero-order valence-corrected chi connectivity index (χ0v) is 22.5. The second kappa shape index (κ2) is 10.2. The number of carbonyl (C=O) groups excluding carboxylic acids is 1. The minimum Gasteiger partial charge on any atom is -0.379 e. The molecule has 6 rings (SSSR count). The Morgan fingerprint density at radius 3 is 2.69 bits per heavy atom. The molecule has 10 nitrogen and oxygen atoms in total. The summed E-state index contributed by atoms with van der Waals surface area (Å²) in [7, 11) is 0. The molecule has 0 bridgehead atoms. The highest BCUT2D eigenvalue weighted by Crippen LogP contribution is 2.29. The van der Waals surface area contributed by atoms with Crippen molar-refractivity contribution in [1.29, 1.82) is 0 Å². The topological polar surface area (TPSA) is 114 Å². The number of benzene rings is 2. The first-order valence-electron chi connectivity index (χ1n) is 13.3. The van der Waals surface area contributed by atoms with E-state index in [1.807, 2.05) is 36.4 Å². The summed E-state index contributed by atoms with van der Waals surface area (Å²) in [6, 6.07) is 16.0. The Bertz CT molecular complexity index is 1570. The van der Waals surface area contributed by atoms with Crippen molar-refractivity contribution < 1.29 is 14.2 Å². The molecule has 2 aromatic heterocycles. The van der Waals surface area contributed by atoms with E-state index in [-0.39, 0.29) is 11.3 Å². The molecule has 4 heterocycles. The highest BCUT2D eigenvalue weighted by molar-refractivity contribution is 6.45. The second-order valence-electron chi connectivity index (χ2n) is 11.0. The van der Waals surface area contributed by atoms with Gasteiger partial charge in [0, 0.05) is 37.2 Å². The standard InChI is InChI=1S/C29H32N8O2/c1-29(2,3)25-16-24(37(35-25)20-7-5-4-6-8-20)28(38)33-23-17-30-34-26(23)27-31-21-10-9-19(15-22(21)32-27)18-36-11-13-39-14-12-36/h4-10,15,17H,11-14,16,18H2,1-3H3,(H2,31,32,33,34,38)/p+1. The Morgan fingerprint density at radius 2 is 1.92 bits per heavy atom. The van der Waals surface area contributed by atoms with E-state index in [4.69, 9.17) is 14.8 Å². The highest BCUT2D eigenvalue weighted by atomic mass is 16.5. The van der Waals surface area contributed by atoms with E-state index in [0.29, 0.717) is 29.3 Å². The zero-order valence-electron chi connectivity index (χ0n) is 22.5. The molecule has 0 saturated carbocycles. The lowest BCUT2D eigenvalue weighted by Gasteiger charge is -2.26. The average Bonchev–Trinajstić information content (AvgIpc) is 3.67. The number of imidazole rings is 1. The van der Waals surface area contributed by atoms with E-state index in [0.717, 1.165) is 55.3 Å². The van der Waals surface area contributed by atoms with E-state index in [1.54, 1.807) is 10.9 Å². The maximum Gasteiger partial charge on any atom is 0.319 e. The van der Waals surface area contributed by atoms with Gasteiger partial charge in [-0.15, -0.1) is 0 Å². The van der Waals surface area contributed by atoms with E-state index in [2.05, 4.69) is 58.3 Å². The molecular formula is C29H33N8O2+. The molecule has 0 spiro atoms. The molecule has 0 atom stereocenters. The van der Waals surface area contributed by atoms with E-state index >= 15 is 0 Å². The molecule has 3 N–H and O–H groups in total. The second-order valence-corrected chi connectivity index (χ2v) is 11.0. The summed E-state index contributed by atoms with van der Waals surface area (Å²) in [4.78, 5) is 24.2. The van der Waals surface area contributed by atoms with Crippen LogP contribution in [0.15, 0.2) is 59.8 Å². The van der Waals surface area contributed by atoms with Gasteiger partial charge in [-0.1, -0.05) is 45.0 Å². The largest absolute Gasteiger partial charge is 0.379 e. The number of hydrogen-bond donors (Lipinski definition) is 3. The fourth-order valence-corrected chi connectivity index (χ4v) is 4.87. The number of H-pyrrole nitrogens is 2. The number of hydrazone groups is 1. The Balaban J connectivity index is 1.25. The van der Waals surface area contributed by atoms with Crippen LogP contribution < -0.4 is 5.32 Å². The fourth-order valence-electron chi connectivity index (χ4n) is 4.87. The first-order chi connectivity index (χ1) is 18.8. The van der Waals surface area contributed by atoms with Crippen LogP contribution in [0.2, 0.25) is 0 Å². The number of nitrogens with one attached hydrogen (secondary N) is 3. The van der Waals surface area contributed by atoms with Crippen LogP contribution in [0.1, 0.15) is 32.8 Å². The van der Waals surface area contributed by atoms with Gasteiger partial charge in [-0.2, -0.15) is 5.10 Å². The lowest BCUT2D eigenvalue weighted by molar-refractivity contribution is -0.441. The van der Waals surface area contributed by atoms with Crippen LogP contribution in [-0.2, 0) is 16.1 Å². The summed E-state index contributed by atoms with van der Waals surface area (Å²) in [5.41, 5.74) is 6.38. The number of morpholine rings is 1. The predicted octanol–water partition coefficient (Wildman–Crippen LogP) is 4.31. The van der Waals surface area contributed by atoms with Crippen molar-refractivity contribution in [2.24, 2.45) is 10.5 Å². The smallest absolute Gasteiger partial charge is 0.319 e. The van der Waals surface area contributed by atoms with Crippen molar-refractivity contribution in [2.75, 3.05) is 31.6 Å². The van der Waals surface area contributed by atoms with Crippen molar-refractivity contribution in [3.8, 4) is 11.5 Å². The Kier molecular flexibility index (Phi) is 6.58. The summed E-state index contributed by atoms with van der Waals surface area (Å²) in [5.74, 6) is 0.387. The normalized spacial score (nSPS) is 16.6. The molecule has 1 fully saturated rings. The Hall–Kier alpha value is -4.15. The number of amides is 1. The van der Waals surface area contributed by atoms with E-state index < -0.39 is 0 Å². The maximum atomic E-state index is 13.6. The van der Waals surface area contributed by atoms with Gasteiger partial charge in [0.2, 0.25) is 5.69 Å². The molecule has 2 aliphatic heterocycles. The number of aromatic nitrogens is 4. The van der Waals surface area contributed by atoms with Crippen LogP contribution in [0.4, 0.5) is 11.4 Å². The molecule has 0 aliphatic carbocycles. The third-order valence-corrected chi connectivity index (χ3v) is 7.12. The molecular weight excluding hydrogens is 492 g/mol. The van der Waals surface area contributed by atoms with Crippen molar-refractivity contribution in [2.45, 2.75) is 33.7 Å². The SMILES string of the molecule is CC(C)(C)C1=N[N+](c2ccccc2)=C(C(=O)Nc2cn[nH]c2-c2nc3ccc(CN4CCOCC4)cc3[nH]2)C1. The fraction of sp³-hybridized carbons (Fsp3) is 0.345. The summed E-state index contributed by atoms with van der Waals surface area (Å²) in [5, 5.41) is 15.1. The van der Waals surface area contributed by atoms with Gasteiger partial charge in [0.1, 0.15) is 11.4 Å². The lowest BCUT2D eigenvalue weighted by Crippen LogP contribution is -2.35. The van der Waals surface area contributed by atoms with Gasteiger partial charge in [-0.05, 0) is 27.5 Å². The van der Waals surface area contributed by atoms with Gasteiger partial charge in [0.05, 0.1) is 42.6 Å². The minimum absolute atomic E-state index is 0.162. The van der Waals surface area contributed by atoms with Gasteiger partial charge in [0.15, 0.2) is 5.82 Å². The number of ether oxygens (including phenoxy) is 1. The number of aromatic amines is 2. The van der Waals surface area contributed by atoms with Crippen LogP contribution in [-0.4, -0.2) is 73.4 Å². The van der Waals surface area contributed by atoms with Crippen molar-refractivity contribution >= 4 is 39.7 Å². The molecule has 2 aliphatic rings. The molecule has 1 amide bonds. The molecule has 1 saturated heterocycles. The number of carbonyl (C=O) groups is 1. The maximum absolute atomic E-state index is 13.6. The van der Waals surface area contributed by atoms with Crippen LogP contribution in [0, 0.1) is 5.41 Å².